The monoisotopic (exact) mass is 296 g/mol. The number of piperidine rings is 1. The predicted molar refractivity (Wildman–Crippen MR) is 82.9 cm³/mol. The van der Waals surface area contributed by atoms with Gasteiger partial charge in [0.05, 0.1) is 16.3 Å². The van der Waals surface area contributed by atoms with Crippen LogP contribution in [-0.2, 0) is 9.84 Å². The molecule has 4 nitrogen and oxygen atoms in total. The molecule has 1 aliphatic rings. The lowest BCUT2D eigenvalue weighted by Crippen LogP contribution is -2.39. The number of hydrogen-bond donors (Lipinski definition) is 2. The average molecular weight is 296 g/mol. The molecule has 1 unspecified atom stereocenters. The highest BCUT2D eigenvalue weighted by atomic mass is 32.2. The molecule has 0 spiro atoms. The van der Waals surface area contributed by atoms with E-state index >= 15 is 0 Å². The highest BCUT2D eigenvalue weighted by Crippen LogP contribution is 2.23. The number of rotatable bonds is 6. The Hall–Kier alpha value is -1.07. The van der Waals surface area contributed by atoms with E-state index in [-0.39, 0.29) is 5.75 Å². The lowest BCUT2D eigenvalue weighted by Gasteiger charge is -2.24. The van der Waals surface area contributed by atoms with Gasteiger partial charge in [-0.2, -0.15) is 0 Å². The van der Waals surface area contributed by atoms with E-state index in [9.17, 15) is 8.42 Å². The topological polar surface area (TPSA) is 58.2 Å². The van der Waals surface area contributed by atoms with Crippen molar-refractivity contribution in [3.63, 3.8) is 0 Å². The Morgan fingerprint density at radius 2 is 2.10 bits per heavy atom. The number of para-hydroxylation sites is 1. The van der Waals surface area contributed by atoms with Crippen LogP contribution in [0.4, 0.5) is 5.69 Å². The van der Waals surface area contributed by atoms with Crippen molar-refractivity contribution in [2.45, 2.75) is 43.5 Å². The van der Waals surface area contributed by atoms with E-state index in [1.807, 2.05) is 19.1 Å². The van der Waals surface area contributed by atoms with Gasteiger partial charge in [0.15, 0.2) is 9.84 Å². The Labute approximate surface area is 121 Å². The molecule has 112 valence electrons. The number of sulfone groups is 1. The molecule has 0 amide bonds. The standard InChI is InChI=1S/C15H24N2O2S/c1-2-11-20(18,19)15-9-4-3-8-14(15)17-12-13-7-5-6-10-16-13/h3-4,8-9,13,16-17H,2,5-7,10-12H2,1H3. The van der Waals surface area contributed by atoms with Crippen LogP contribution in [0, 0.1) is 0 Å². The SMILES string of the molecule is CCCS(=O)(=O)c1ccccc1NCC1CCCCN1. The van der Waals surface area contributed by atoms with Gasteiger partial charge in [0, 0.05) is 12.6 Å². The molecule has 1 atom stereocenters. The van der Waals surface area contributed by atoms with Gasteiger partial charge in [0.1, 0.15) is 0 Å². The lowest BCUT2D eigenvalue weighted by molar-refractivity contribution is 0.414. The van der Waals surface area contributed by atoms with Crippen molar-refractivity contribution < 1.29 is 8.42 Å². The summed E-state index contributed by atoms with van der Waals surface area (Å²) < 4.78 is 24.5. The van der Waals surface area contributed by atoms with E-state index in [0.717, 1.165) is 25.2 Å². The number of hydrogen-bond acceptors (Lipinski definition) is 4. The van der Waals surface area contributed by atoms with E-state index in [1.54, 1.807) is 12.1 Å². The molecular weight excluding hydrogens is 272 g/mol. The summed E-state index contributed by atoms with van der Waals surface area (Å²) in [5.41, 5.74) is 0.730. The Bertz CT molecular complexity index is 522. The van der Waals surface area contributed by atoms with Crippen molar-refractivity contribution in [2.75, 3.05) is 24.2 Å². The molecule has 1 fully saturated rings. The van der Waals surface area contributed by atoms with Gasteiger partial charge in [-0.25, -0.2) is 8.42 Å². The third kappa shape index (κ3) is 3.96. The van der Waals surface area contributed by atoms with Gasteiger partial charge in [0.25, 0.3) is 0 Å². The Morgan fingerprint density at radius 3 is 2.80 bits per heavy atom. The molecule has 1 aromatic rings. The molecule has 0 aliphatic carbocycles. The number of nitrogens with one attached hydrogen (secondary N) is 2. The van der Waals surface area contributed by atoms with Crippen molar-refractivity contribution in [1.29, 1.82) is 0 Å². The van der Waals surface area contributed by atoms with Crippen molar-refractivity contribution >= 4 is 15.5 Å². The molecule has 0 radical (unpaired) electrons. The molecule has 0 bridgehead atoms. The molecule has 20 heavy (non-hydrogen) atoms. The molecule has 5 heteroatoms. The van der Waals surface area contributed by atoms with Crippen LogP contribution in [0.25, 0.3) is 0 Å². The van der Waals surface area contributed by atoms with E-state index in [2.05, 4.69) is 10.6 Å². The maximum atomic E-state index is 12.2. The van der Waals surface area contributed by atoms with Crippen LogP contribution in [-0.4, -0.2) is 33.3 Å². The number of benzene rings is 1. The van der Waals surface area contributed by atoms with Gasteiger partial charge < -0.3 is 10.6 Å². The summed E-state index contributed by atoms with van der Waals surface area (Å²) in [6.45, 7) is 3.72. The maximum Gasteiger partial charge on any atom is 0.180 e. The smallest absolute Gasteiger partial charge is 0.180 e. The Balaban J connectivity index is 2.07. The van der Waals surface area contributed by atoms with Crippen LogP contribution in [0.2, 0.25) is 0 Å². The van der Waals surface area contributed by atoms with E-state index < -0.39 is 9.84 Å². The van der Waals surface area contributed by atoms with Crippen molar-refractivity contribution in [2.24, 2.45) is 0 Å². The predicted octanol–water partition coefficient (Wildman–Crippen LogP) is 2.42. The van der Waals surface area contributed by atoms with Crippen LogP contribution in [0.3, 0.4) is 0 Å². The fourth-order valence-electron chi connectivity index (χ4n) is 2.59. The molecule has 1 aliphatic heterocycles. The molecule has 2 rings (SSSR count). The summed E-state index contributed by atoms with van der Waals surface area (Å²) >= 11 is 0. The second kappa shape index (κ2) is 7.09. The minimum absolute atomic E-state index is 0.202. The fourth-order valence-corrected chi connectivity index (χ4v) is 4.11. The molecule has 2 N–H and O–H groups in total. The van der Waals surface area contributed by atoms with E-state index in [4.69, 9.17) is 0 Å². The van der Waals surface area contributed by atoms with Crippen LogP contribution in [0.5, 0.6) is 0 Å². The minimum Gasteiger partial charge on any atom is -0.382 e. The van der Waals surface area contributed by atoms with Crippen molar-refractivity contribution in [3.05, 3.63) is 24.3 Å². The zero-order chi connectivity index (χ0) is 14.4. The maximum absolute atomic E-state index is 12.2. The summed E-state index contributed by atoms with van der Waals surface area (Å²) in [4.78, 5) is 0.428. The summed E-state index contributed by atoms with van der Waals surface area (Å²) in [5, 5.41) is 6.77. The fraction of sp³-hybridized carbons (Fsp3) is 0.600. The first-order chi connectivity index (χ1) is 9.63. The summed E-state index contributed by atoms with van der Waals surface area (Å²) in [7, 11) is -3.18. The zero-order valence-electron chi connectivity index (χ0n) is 12.1. The minimum atomic E-state index is -3.18. The van der Waals surface area contributed by atoms with Crippen LogP contribution in [0.1, 0.15) is 32.6 Å². The summed E-state index contributed by atoms with van der Waals surface area (Å²) in [6.07, 6.45) is 4.27. The highest BCUT2D eigenvalue weighted by Gasteiger charge is 2.18. The molecular formula is C15H24N2O2S. The molecule has 0 saturated carbocycles. The first kappa shape index (κ1) is 15.3. The van der Waals surface area contributed by atoms with Crippen LogP contribution in [0.15, 0.2) is 29.2 Å². The van der Waals surface area contributed by atoms with Crippen LogP contribution < -0.4 is 10.6 Å². The van der Waals surface area contributed by atoms with Gasteiger partial charge in [-0.15, -0.1) is 0 Å². The zero-order valence-corrected chi connectivity index (χ0v) is 12.9. The molecule has 0 aromatic heterocycles. The quantitative estimate of drug-likeness (QED) is 0.846. The highest BCUT2D eigenvalue weighted by molar-refractivity contribution is 7.91. The Kier molecular flexibility index (Phi) is 5.43. The van der Waals surface area contributed by atoms with Gasteiger partial charge in [-0.1, -0.05) is 25.5 Å². The van der Waals surface area contributed by atoms with Gasteiger partial charge in [-0.05, 0) is 37.9 Å². The van der Waals surface area contributed by atoms with Gasteiger partial charge in [-0.3, -0.25) is 0 Å². The lowest BCUT2D eigenvalue weighted by atomic mass is 10.1. The largest absolute Gasteiger partial charge is 0.382 e. The first-order valence-corrected chi connectivity index (χ1v) is 9.08. The summed E-state index contributed by atoms with van der Waals surface area (Å²) in [5.74, 6) is 0.202. The van der Waals surface area contributed by atoms with E-state index in [1.165, 1.54) is 12.8 Å². The molecule has 1 aromatic carbocycles. The third-order valence-electron chi connectivity index (χ3n) is 3.65. The Morgan fingerprint density at radius 1 is 1.30 bits per heavy atom. The normalized spacial score (nSPS) is 19.8. The van der Waals surface area contributed by atoms with Crippen LogP contribution >= 0.6 is 0 Å². The number of anilines is 1. The van der Waals surface area contributed by atoms with Gasteiger partial charge in [0.2, 0.25) is 0 Å². The van der Waals surface area contributed by atoms with E-state index in [0.29, 0.717) is 17.4 Å². The third-order valence-corrected chi connectivity index (χ3v) is 5.62. The van der Waals surface area contributed by atoms with Crippen molar-refractivity contribution in [3.8, 4) is 0 Å². The average Bonchev–Trinajstić information content (AvgIpc) is 2.46. The summed E-state index contributed by atoms with van der Waals surface area (Å²) in [6, 6.07) is 7.65. The molecule has 1 saturated heterocycles. The first-order valence-electron chi connectivity index (χ1n) is 7.42. The van der Waals surface area contributed by atoms with Gasteiger partial charge >= 0.3 is 0 Å². The molecule has 1 heterocycles. The second-order valence-corrected chi connectivity index (χ2v) is 7.42. The van der Waals surface area contributed by atoms with Crippen molar-refractivity contribution in [1.82, 2.24) is 5.32 Å². The second-order valence-electron chi connectivity index (χ2n) is 5.34.